The minimum atomic E-state index is -0.597. The number of hydrogen-bond acceptors (Lipinski definition) is 4. The average Bonchev–Trinajstić information content (AvgIpc) is 3.01. The maximum Gasteiger partial charge on any atom is 0.283 e. The van der Waals surface area contributed by atoms with Gasteiger partial charge in [0.15, 0.2) is 0 Å². The summed E-state index contributed by atoms with van der Waals surface area (Å²) in [6.07, 6.45) is 0. The van der Waals surface area contributed by atoms with Crippen molar-refractivity contribution in [2.45, 2.75) is 33.6 Å². The fourth-order valence-electron chi connectivity index (χ4n) is 3.99. The number of benzene rings is 3. The minimum absolute atomic E-state index is 0.0310. The number of carbonyl (C=O) groups is 3. The van der Waals surface area contributed by atoms with E-state index in [4.69, 9.17) is 11.6 Å². The van der Waals surface area contributed by atoms with E-state index in [9.17, 15) is 14.4 Å². The molecule has 3 aromatic rings. The van der Waals surface area contributed by atoms with E-state index < -0.39 is 11.8 Å². The predicted molar refractivity (Wildman–Crippen MR) is 140 cm³/mol. The van der Waals surface area contributed by atoms with Gasteiger partial charge in [0.25, 0.3) is 17.7 Å². The summed E-state index contributed by atoms with van der Waals surface area (Å²) in [7, 11) is 0. The molecule has 4 rings (SSSR count). The number of aryl methyl sites for hydroxylation is 2. The van der Waals surface area contributed by atoms with Gasteiger partial charge >= 0.3 is 0 Å². The Kier molecular flexibility index (Phi) is 6.76. The molecule has 0 unspecified atom stereocenters. The van der Waals surface area contributed by atoms with Gasteiger partial charge in [-0.3, -0.25) is 14.4 Å². The van der Waals surface area contributed by atoms with E-state index in [-0.39, 0.29) is 16.6 Å². The highest BCUT2D eigenvalue weighted by atomic mass is 35.5. The molecular formula is C28H26ClN3O3. The first kappa shape index (κ1) is 24.2. The summed E-state index contributed by atoms with van der Waals surface area (Å²) < 4.78 is 0. The molecule has 6 nitrogen and oxygen atoms in total. The summed E-state index contributed by atoms with van der Waals surface area (Å²) in [5.41, 5.74) is 5.16. The lowest BCUT2D eigenvalue weighted by atomic mass is 10.0. The van der Waals surface area contributed by atoms with Crippen LogP contribution in [0.4, 0.5) is 17.1 Å². The SMILES string of the molecule is Cc1cc(C)cc(NC(=O)c2cccc(NC3=C(Cl)C(=O)N(c4ccc(C(C)C)cc4)C3=O)c2)c1. The van der Waals surface area contributed by atoms with Gasteiger partial charge in [-0.05, 0) is 78.9 Å². The topological polar surface area (TPSA) is 78.5 Å². The highest BCUT2D eigenvalue weighted by molar-refractivity contribution is 6.53. The normalized spacial score (nSPS) is 13.6. The van der Waals surface area contributed by atoms with Crippen LogP contribution in [-0.4, -0.2) is 17.7 Å². The summed E-state index contributed by atoms with van der Waals surface area (Å²) in [6, 6.07) is 19.7. The Balaban J connectivity index is 1.53. The first-order valence-corrected chi connectivity index (χ1v) is 11.7. The van der Waals surface area contributed by atoms with Gasteiger partial charge < -0.3 is 10.6 Å². The molecule has 0 atom stereocenters. The van der Waals surface area contributed by atoms with Crippen LogP contribution in [0.25, 0.3) is 0 Å². The molecule has 0 bridgehead atoms. The van der Waals surface area contributed by atoms with E-state index in [1.54, 1.807) is 36.4 Å². The number of nitrogens with one attached hydrogen (secondary N) is 2. The largest absolute Gasteiger partial charge is 0.350 e. The number of imide groups is 1. The molecule has 1 aliphatic heterocycles. The molecule has 0 aliphatic carbocycles. The number of hydrogen-bond donors (Lipinski definition) is 2. The maximum atomic E-state index is 13.1. The predicted octanol–water partition coefficient (Wildman–Crippen LogP) is 6.11. The van der Waals surface area contributed by atoms with E-state index in [2.05, 4.69) is 24.5 Å². The maximum absolute atomic E-state index is 13.1. The molecule has 0 saturated carbocycles. The van der Waals surface area contributed by atoms with Crippen LogP contribution in [0.3, 0.4) is 0 Å². The van der Waals surface area contributed by atoms with E-state index in [1.165, 1.54) is 0 Å². The molecular weight excluding hydrogens is 462 g/mol. The van der Waals surface area contributed by atoms with Crippen LogP contribution in [0.1, 0.15) is 46.8 Å². The molecule has 3 aromatic carbocycles. The van der Waals surface area contributed by atoms with Crippen molar-refractivity contribution in [3.05, 3.63) is 99.7 Å². The van der Waals surface area contributed by atoms with Gasteiger partial charge in [0, 0.05) is 16.9 Å². The number of nitrogens with zero attached hydrogens (tertiary/aromatic N) is 1. The summed E-state index contributed by atoms with van der Waals surface area (Å²) in [5.74, 6) is -1.12. The third kappa shape index (κ3) is 5.12. The lowest BCUT2D eigenvalue weighted by Gasteiger charge is -2.16. The second-order valence-corrected chi connectivity index (χ2v) is 9.30. The lowest BCUT2D eigenvalue weighted by molar-refractivity contribution is -0.120. The van der Waals surface area contributed by atoms with Crippen LogP contribution in [0, 0.1) is 13.8 Å². The van der Waals surface area contributed by atoms with E-state index in [1.807, 2.05) is 44.2 Å². The Morgan fingerprint density at radius 2 is 1.51 bits per heavy atom. The molecule has 3 amide bonds. The van der Waals surface area contributed by atoms with Gasteiger partial charge in [-0.1, -0.05) is 49.7 Å². The fraction of sp³-hybridized carbons (Fsp3) is 0.179. The Morgan fingerprint density at radius 1 is 0.857 bits per heavy atom. The second-order valence-electron chi connectivity index (χ2n) is 8.92. The van der Waals surface area contributed by atoms with Crippen molar-refractivity contribution >= 4 is 46.4 Å². The molecule has 178 valence electrons. The summed E-state index contributed by atoms with van der Waals surface area (Å²) in [4.78, 5) is 39.7. The van der Waals surface area contributed by atoms with Gasteiger partial charge in [-0.15, -0.1) is 0 Å². The number of halogens is 1. The third-order valence-corrected chi connectivity index (χ3v) is 6.07. The molecule has 7 heteroatoms. The Hall–Kier alpha value is -3.90. The van der Waals surface area contributed by atoms with Crippen LogP contribution < -0.4 is 15.5 Å². The molecule has 0 spiro atoms. The smallest absolute Gasteiger partial charge is 0.283 e. The van der Waals surface area contributed by atoms with Crippen LogP contribution in [0.5, 0.6) is 0 Å². The van der Waals surface area contributed by atoms with Crippen molar-refractivity contribution in [1.82, 2.24) is 0 Å². The Morgan fingerprint density at radius 3 is 2.14 bits per heavy atom. The van der Waals surface area contributed by atoms with Crippen molar-refractivity contribution in [2.24, 2.45) is 0 Å². The zero-order chi connectivity index (χ0) is 25.3. The van der Waals surface area contributed by atoms with Gasteiger partial charge in [-0.2, -0.15) is 0 Å². The fourth-order valence-corrected chi connectivity index (χ4v) is 4.20. The second kappa shape index (κ2) is 9.76. The van der Waals surface area contributed by atoms with E-state index in [0.29, 0.717) is 28.5 Å². The molecule has 0 radical (unpaired) electrons. The Labute approximate surface area is 209 Å². The first-order valence-electron chi connectivity index (χ1n) is 11.3. The number of rotatable bonds is 6. The third-order valence-electron chi connectivity index (χ3n) is 5.72. The quantitative estimate of drug-likeness (QED) is 0.411. The van der Waals surface area contributed by atoms with Gasteiger partial charge in [-0.25, -0.2) is 4.90 Å². The highest BCUT2D eigenvalue weighted by Crippen LogP contribution is 2.31. The number of anilines is 3. The van der Waals surface area contributed by atoms with Crippen LogP contribution in [0.2, 0.25) is 0 Å². The molecule has 0 saturated heterocycles. The number of carbonyl (C=O) groups excluding carboxylic acids is 3. The van der Waals surface area contributed by atoms with Crippen molar-refractivity contribution in [3.63, 3.8) is 0 Å². The standard InChI is InChI=1S/C28H26ClN3O3/c1-16(2)19-8-10-23(11-9-19)32-27(34)24(29)25(28(32)35)30-21-7-5-6-20(15-21)26(33)31-22-13-17(3)12-18(4)14-22/h5-16,30H,1-4H3,(H,31,33). The molecule has 2 N–H and O–H groups in total. The highest BCUT2D eigenvalue weighted by Gasteiger charge is 2.39. The van der Waals surface area contributed by atoms with E-state index >= 15 is 0 Å². The lowest BCUT2D eigenvalue weighted by Crippen LogP contribution is -2.32. The molecule has 1 heterocycles. The summed E-state index contributed by atoms with van der Waals surface area (Å²) >= 11 is 6.26. The molecule has 35 heavy (non-hydrogen) atoms. The van der Waals surface area contributed by atoms with Crippen LogP contribution in [0.15, 0.2) is 77.5 Å². The molecule has 0 aromatic heterocycles. The first-order chi connectivity index (χ1) is 16.6. The zero-order valence-corrected chi connectivity index (χ0v) is 20.7. The zero-order valence-electron chi connectivity index (χ0n) is 20.0. The molecule has 0 fully saturated rings. The van der Waals surface area contributed by atoms with Crippen molar-refractivity contribution in [1.29, 1.82) is 0 Å². The van der Waals surface area contributed by atoms with Crippen molar-refractivity contribution < 1.29 is 14.4 Å². The number of amides is 3. The van der Waals surface area contributed by atoms with Gasteiger partial charge in [0.2, 0.25) is 0 Å². The van der Waals surface area contributed by atoms with Gasteiger partial charge in [0.1, 0.15) is 10.7 Å². The van der Waals surface area contributed by atoms with Crippen LogP contribution in [-0.2, 0) is 9.59 Å². The van der Waals surface area contributed by atoms with Crippen molar-refractivity contribution in [3.8, 4) is 0 Å². The van der Waals surface area contributed by atoms with Crippen LogP contribution >= 0.6 is 11.6 Å². The van der Waals surface area contributed by atoms with Gasteiger partial charge in [0.05, 0.1) is 5.69 Å². The van der Waals surface area contributed by atoms with Crippen molar-refractivity contribution in [2.75, 3.05) is 15.5 Å². The Bertz CT molecular complexity index is 1340. The summed E-state index contributed by atoms with van der Waals surface area (Å²) in [5, 5.41) is 5.62. The minimum Gasteiger partial charge on any atom is -0.350 e. The summed E-state index contributed by atoms with van der Waals surface area (Å²) in [6.45, 7) is 8.06. The monoisotopic (exact) mass is 487 g/mol. The molecule has 1 aliphatic rings. The average molecular weight is 488 g/mol. The van der Waals surface area contributed by atoms with E-state index in [0.717, 1.165) is 21.6 Å².